The number of carbonyl (C=O) groups excluding carboxylic acids is 1. The molecule has 5 nitrogen and oxygen atoms in total. The number of rotatable bonds is 5. The quantitative estimate of drug-likeness (QED) is 0.769. The standard InChI is InChI=1S/C12H15ClF2N2O3S/c1-16(2)9-5-4-8(6-10(9)21(13,19)20)12(18)17(3)7-11(14)15/h4-6,11H,7H2,1-3H3. The molecule has 0 aliphatic carbocycles. The van der Waals surface area contributed by atoms with Gasteiger partial charge in [-0.05, 0) is 18.2 Å². The molecule has 0 fully saturated rings. The maximum absolute atomic E-state index is 12.3. The Bertz CT molecular complexity index is 635. The Labute approximate surface area is 126 Å². The second-order valence-electron chi connectivity index (χ2n) is 4.59. The van der Waals surface area contributed by atoms with Crippen molar-refractivity contribution in [2.75, 3.05) is 32.6 Å². The van der Waals surface area contributed by atoms with Crippen LogP contribution >= 0.6 is 10.7 Å². The molecule has 1 aromatic rings. The molecular formula is C12H15ClF2N2O3S. The average Bonchev–Trinajstić information content (AvgIpc) is 2.35. The Morgan fingerprint density at radius 2 is 1.86 bits per heavy atom. The van der Waals surface area contributed by atoms with E-state index >= 15 is 0 Å². The van der Waals surface area contributed by atoms with Gasteiger partial charge in [0.25, 0.3) is 21.4 Å². The fraction of sp³-hybridized carbons (Fsp3) is 0.417. The number of nitrogens with zero attached hydrogens (tertiary/aromatic N) is 2. The summed E-state index contributed by atoms with van der Waals surface area (Å²) in [6.45, 7) is -0.739. The van der Waals surface area contributed by atoms with Crippen LogP contribution in [-0.2, 0) is 9.05 Å². The van der Waals surface area contributed by atoms with Gasteiger partial charge in [-0.1, -0.05) is 0 Å². The Kier molecular flexibility index (Phi) is 5.52. The third-order valence-electron chi connectivity index (χ3n) is 2.71. The number of halogens is 3. The lowest BCUT2D eigenvalue weighted by molar-refractivity contribution is 0.0620. The van der Waals surface area contributed by atoms with E-state index in [4.69, 9.17) is 10.7 Å². The highest BCUT2D eigenvalue weighted by Gasteiger charge is 2.22. The van der Waals surface area contributed by atoms with Crippen molar-refractivity contribution in [3.8, 4) is 0 Å². The smallest absolute Gasteiger partial charge is 0.263 e. The van der Waals surface area contributed by atoms with Gasteiger partial charge in [-0.2, -0.15) is 0 Å². The van der Waals surface area contributed by atoms with E-state index in [2.05, 4.69) is 0 Å². The van der Waals surface area contributed by atoms with Gasteiger partial charge in [0.2, 0.25) is 0 Å². The molecule has 1 amide bonds. The summed E-state index contributed by atoms with van der Waals surface area (Å²) in [5, 5.41) is 0. The molecule has 118 valence electrons. The summed E-state index contributed by atoms with van der Waals surface area (Å²) in [5.74, 6) is -0.706. The summed E-state index contributed by atoms with van der Waals surface area (Å²) in [7, 11) is 5.72. The zero-order valence-electron chi connectivity index (χ0n) is 11.7. The molecule has 9 heteroatoms. The van der Waals surface area contributed by atoms with E-state index in [-0.39, 0.29) is 10.5 Å². The molecule has 21 heavy (non-hydrogen) atoms. The van der Waals surface area contributed by atoms with Gasteiger partial charge in [0.15, 0.2) is 0 Å². The second-order valence-corrected chi connectivity index (χ2v) is 7.13. The molecule has 1 aromatic carbocycles. The fourth-order valence-electron chi connectivity index (χ4n) is 1.72. The third kappa shape index (κ3) is 4.53. The minimum Gasteiger partial charge on any atom is -0.377 e. The van der Waals surface area contributed by atoms with Crippen LogP contribution in [-0.4, -0.2) is 53.3 Å². The molecule has 0 aliphatic rings. The zero-order valence-corrected chi connectivity index (χ0v) is 13.3. The van der Waals surface area contributed by atoms with E-state index in [1.807, 2.05) is 0 Å². The predicted octanol–water partition coefficient (Wildman–Crippen LogP) is 2.02. The third-order valence-corrected chi connectivity index (χ3v) is 4.06. The maximum Gasteiger partial charge on any atom is 0.263 e. The topological polar surface area (TPSA) is 57.7 Å². The zero-order chi connectivity index (χ0) is 16.4. The first kappa shape index (κ1) is 17.6. The number of carbonyl (C=O) groups is 1. The molecule has 0 unspecified atom stereocenters. The van der Waals surface area contributed by atoms with Crippen LogP contribution in [0.4, 0.5) is 14.5 Å². The highest BCUT2D eigenvalue weighted by molar-refractivity contribution is 8.13. The lowest BCUT2D eigenvalue weighted by Gasteiger charge is -2.19. The Morgan fingerprint density at radius 1 is 1.29 bits per heavy atom. The van der Waals surface area contributed by atoms with Gasteiger partial charge in [0.1, 0.15) is 4.90 Å². The molecule has 0 spiro atoms. The van der Waals surface area contributed by atoms with Gasteiger partial charge in [-0.3, -0.25) is 4.79 Å². The summed E-state index contributed by atoms with van der Waals surface area (Å²) in [6.07, 6.45) is -2.67. The molecule has 0 saturated carbocycles. The fourth-order valence-corrected chi connectivity index (χ4v) is 2.86. The van der Waals surface area contributed by atoms with Crippen molar-refractivity contribution in [3.05, 3.63) is 23.8 Å². The minimum atomic E-state index is -4.07. The van der Waals surface area contributed by atoms with Crippen LogP contribution in [0.25, 0.3) is 0 Å². The maximum atomic E-state index is 12.3. The van der Waals surface area contributed by atoms with E-state index < -0.39 is 27.9 Å². The van der Waals surface area contributed by atoms with E-state index in [1.165, 1.54) is 24.1 Å². The summed E-state index contributed by atoms with van der Waals surface area (Å²) in [6, 6.07) is 3.85. The first-order chi connectivity index (χ1) is 9.54. The second kappa shape index (κ2) is 6.57. The van der Waals surface area contributed by atoms with Crippen molar-refractivity contribution in [1.82, 2.24) is 4.90 Å². The Balaban J connectivity index is 3.26. The van der Waals surface area contributed by atoms with Crippen molar-refractivity contribution in [2.24, 2.45) is 0 Å². The van der Waals surface area contributed by atoms with E-state index in [9.17, 15) is 22.0 Å². The van der Waals surface area contributed by atoms with Crippen LogP contribution in [0.2, 0.25) is 0 Å². The van der Waals surface area contributed by atoms with Gasteiger partial charge in [-0.25, -0.2) is 17.2 Å². The Morgan fingerprint density at radius 3 is 2.29 bits per heavy atom. The summed E-state index contributed by atoms with van der Waals surface area (Å²) in [4.78, 5) is 14.1. The van der Waals surface area contributed by atoms with Crippen LogP contribution in [0.1, 0.15) is 10.4 Å². The molecular weight excluding hydrogens is 326 g/mol. The van der Waals surface area contributed by atoms with Crippen molar-refractivity contribution >= 4 is 31.3 Å². The first-order valence-corrected chi connectivity index (χ1v) is 8.14. The van der Waals surface area contributed by atoms with E-state index in [0.29, 0.717) is 5.69 Å². The molecule has 0 saturated heterocycles. The van der Waals surface area contributed by atoms with Gasteiger partial charge >= 0.3 is 0 Å². The normalized spacial score (nSPS) is 11.6. The monoisotopic (exact) mass is 340 g/mol. The molecule has 0 atom stereocenters. The van der Waals surface area contributed by atoms with Gasteiger partial charge < -0.3 is 9.80 Å². The SMILES string of the molecule is CN(CC(F)F)C(=O)c1ccc(N(C)C)c(S(=O)(=O)Cl)c1. The summed E-state index contributed by atoms with van der Waals surface area (Å²) in [5.41, 5.74) is 0.279. The number of benzene rings is 1. The van der Waals surface area contributed by atoms with E-state index in [0.717, 1.165) is 11.0 Å². The number of anilines is 1. The molecule has 0 bridgehead atoms. The summed E-state index contributed by atoms with van der Waals surface area (Å²) >= 11 is 0. The lowest BCUT2D eigenvalue weighted by Crippen LogP contribution is -2.31. The molecule has 1 rings (SSSR count). The minimum absolute atomic E-state index is 0.0250. The van der Waals surface area contributed by atoms with Crippen molar-refractivity contribution in [1.29, 1.82) is 0 Å². The number of hydrogen-bond donors (Lipinski definition) is 0. The number of amides is 1. The largest absolute Gasteiger partial charge is 0.377 e. The van der Waals surface area contributed by atoms with Gasteiger partial charge in [0, 0.05) is 37.4 Å². The lowest BCUT2D eigenvalue weighted by atomic mass is 10.1. The first-order valence-electron chi connectivity index (χ1n) is 5.83. The van der Waals surface area contributed by atoms with Crippen LogP contribution in [0, 0.1) is 0 Å². The molecule has 0 N–H and O–H groups in total. The molecule has 0 heterocycles. The van der Waals surface area contributed by atoms with Crippen molar-refractivity contribution in [3.63, 3.8) is 0 Å². The van der Waals surface area contributed by atoms with Gasteiger partial charge in [0.05, 0.1) is 12.2 Å². The molecule has 0 radical (unpaired) electrons. The van der Waals surface area contributed by atoms with Crippen molar-refractivity contribution in [2.45, 2.75) is 11.3 Å². The van der Waals surface area contributed by atoms with Crippen LogP contribution in [0.3, 0.4) is 0 Å². The highest BCUT2D eigenvalue weighted by Crippen LogP contribution is 2.28. The van der Waals surface area contributed by atoms with Crippen LogP contribution < -0.4 is 4.90 Å². The van der Waals surface area contributed by atoms with Crippen LogP contribution in [0.5, 0.6) is 0 Å². The number of alkyl halides is 2. The van der Waals surface area contributed by atoms with Crippen molar-refractivity contribution < 1.29 is 22.0 Å². The molecule has 0 aromatic heterocycles. The number of hydrogen-bond acceptors (Lipinski definition) is 4. The average molecular weight is 341 g/mol. The Hall–Kier alpha value is -1.41. The molecule has 0 aliphatic heterocycles. The highest BCUT2D eigenvalue weighted by atomic mass is 35.7. The predicted molar refractivity (Wildman–Crippen MR) is 76.8 cm³/mol. The van der Waals surface area contributed by atoms with Gasteiger partial charge in [-0.15, -0.1) is 0 Å². The van der Waals surface area contributed by atoms with E-state index in [1.54, 1.807) is 14.1 Å². The van der Waals surface area contributed by atoms with Crippen LogP contribution in [0.15, 0.2) is 23.1 Å². The summed E-state index contributed by atoms with van der Waals surface area (Å²) < 4.78 is 47.7.